The first kappa shape index (κ1) is 20.6. The first-order chi connectivity index (χ1) is 14.5. The quantitative estimate of drug-likeness (QED) is 0.762. The number of hydrogen-bond acceptors (Lipinski definition) is 4. The molecule has 0 unspecified atom stereocenters. The molecule has 0 radical (unpaired) electrons. The SMILES string of the molecule is CN(C)CCN1C[C@H](c2ccccc2)[C@]2(CN(C(=O)c3ccccc3)CCO2)C1=O. The fourth-order valence-corrected chi connectivity index (χ4v) is 4.46. The van der Waals surface area contributed by atoms with Crippen molar-refractivity contribution < 1.29 is 14.3 Å². The van der Waals surface area contributed by atoms with Gasteiger partial charge in [-0.3, -0.25) is 9.59 Å². The molecule has 2 aliphatic rings. The van der Waals surface area contributed by atoms with Crippen LogP contribution in [0.4, 0.5) is 0 Å². The highest BCUT2D eigenvalue weighted by Crippen LogP contribution is 2.42. The summed E-state index contributed by atoms with van der Waals surface area (Å²) in [6, 6.07) is 19.3. The molecule has 6 nitrogen and oxygen atoms in total. The van der Waals surface area contributed by atoms with Gasteiger partial charge >= 0.3 is 0 Å². The highest BCUT2D eigenvalue weighted by molar-refractivity contribution is 5.96. The van der Waals surface area contributed by atoms with E-state index in [-0.39, 0.29) is 24.3 Å². The maximum atomic E-state index is 13.6. The fraction of sp³-hybridized carbons (Fsp3) is 0.417. The van der Waals surface area contributed by atoms with Gasteiger partial charge in [0, 0.05) is 37.7 Å². The van der Waals surface area contributed by atoms with Gasteiger partial charge in [0.25, 0.3) is 11.8 Å². The molecule has 2 saturated heterocycles. The number of likely N-dealkylation sites (N-methyl/N-ethyl adjacent to an activating group) is 1. The average molecular weight is 408 g/mol. The van der Waals surface area contributed by atoms with Gasteiger partial charge in [0.05, 0.1) is 13.2 Å². The van der Waals surface area contributed by atoms with Gasteiger partial charge in [-0.05, 0) is 31.8 Å². The molecule has 1 spiro atoms. The molecule has 0 N–H and O–H groups in total. The summed E-state index contributed by atoms with van der Waals surface area (Å²) >= 11 is 0. The molecule has 2 heterocycles. The van der Waals surface area contributed by atoms with Crippen molar-refractivity contribution >= 4 is 11.8 Å². The largest absolute Gasteiger partial charge is 0.361 e. The number of likely N-dealkylation sites (tertiary alicyclic amines) is 1. The summed E-state index contributed by atoms with van der Waals surface area (Å²) in [5.41, 5.74) is 0.684. The molecule has 2 aromatic rings. The summed E-state index contributed by atoms with van der Waals surface area (Å²) in [6.45, 7) is 3.15. The molecule has 0 bridgehead atoms. The molecule has 6 heteroatoms. The third-order valence-electron chi connectivity index (χ3n) is 6.09. The van der Waals surface area contributed by atoms with Crippen LogP contribution < -0.4 is 0 Å². The molecular formula is C24H29N3O3. The predicted octanol–water partition coefficient (Wildman–Crippen LogP) is 2.09. The van der Waals surface area contributed by atoms with E-state index in [2.05, 4.69) is 17.0 Å². The lowest BCUT2D eigenvalue weighted by molar-refractivity contribution is -0.159. The van der Waals surface area contributed by atoms with Crippen LogP contribution in [-0.4, -0.2) is 85.5 Å². The second kappa shape index (κ2) is 8.58. The summed E-state index contributed by atoms with van der Waals surface area (Å²) in [7, 11) is 4.00. The lowest BCUT2D eigenvalue weighted by atomic mass is 9.83. The van der Waals surface area contributed by atoms with Crippen molar-refractivity contribution in [2.75, 3.05) is 53.4 Å². The Kier molecular flexibility index (Phi) is 5.88. The fourth-order valence-electron chi connectivity index (χ4n) is 4.46. The Labute approximate surface area is 178 Å². The number of ether oxygens (including phenoxy) is 1. The zero-order valence-electron chi connectivity index (χ0n) is 17.7. The maximum Gasteiger partial charge on any atom is 0.257 e. The van der Waals surface area contributed by atoms with Gasteiger partial charge in [-0.1, -0.05) is 48.5 Å². The van der Waals surface area contributed by atoms with Crippen LogP contribution in [0.2, 0.25) is 0 Å². The van der Waals surface area contributed by atoms with Crippen molar-refractivity contribution in [3.8, 4) is 0 Å². The highest BCUT2D eigenvalue weighted by Gasteiger charge is 2.58. The zero-order valence-corrected chi connectivity index (χ0v) is 17.7. The molecule has 4 rings (SSSR count). The third kappa shape index (κ3) is 3.85. The monoisotopic (exact) mass is 407 g/mol. The number of carbonyl (C=O) groups is 2. The van der Waals surface area contributed by atoms with E-state index in [1.807, 2.05) is 67.5 Å². The summed E-state index contributed by atoms with van der Waals surface area (Å²) in [5, 5.41) is 0. The third-order valence-corrected chi connectivity index (χ3v) is 6.09. The highest BCUT2D eigenvalue weighted by atomic mass is 16.5. The Morgan fingerprint density at radius 3 is 2.43 bits per heavy atom. The Hall–Kier alpha value is -2.70. The number of benzene rings is 2. The van der Waals surface area contributed by atoms with Crippen molar-refractivity contribution in [1.82, 2.24) is 14.7 Å². The first-order valence-electron chi connectivity index (χ1n) is 10.5. The zero-order chi connectivity index (χ0) is 21.1. The van der Waals surface area contributed by atoms with Gasteiger partial charge in [0.1, 0.15) is 0 Å². The minimum absolute atomic E-state index is 0.0104. The van der Waals surface area contributed by atoms with Crippen molar-refractivity contribution in [1.29, 1.82) is 0 Å². The number of rotatable bonds is 5. The van der Waals surface area contributed by atoms with Crippen LogP contribution in [0, 0.1) is 0 Å². The van der Waals surface area contributed by atoms with Gasteiger partial charge < -0.3 is 19.4 Å². The second-order valence-electron chi connectivity index (χ2n) is 8.35. The van der Waals surface area contributed by atoms with Gasteiger partial charge in [-0.15, -0.1) is 0 Å². The van der Waals surface area contributed by atoms with Crippen LogP contribution >= 0.6 is 0 Å². The number of nitrogens with zero attached hydrogens (tertiary/aromatic N) is 3. The summed E-state index contributed by atoms with van der Waals surface area (Å²) < 4.78 is 6.26. The molecule has 158 valence electrons. The van der Waals surface area contributed by atoms with Crippen molar-refractivity contribution in [3.63, 3.8) is 0 Å². The minimum Gasteiger partial charge on any atom is -0.361 e. The van der Waals surface area contributed by atoms with Gasteiger partial charge in [0.2, 0.25) is 0 Å². The Morgan fingerprint density at radius 1 is 1.10 bits per heavy atom. The normalized spacial score (nSPS) is 24.1. The Bertz CT molecular complexity index is 887. The van der Waals surface area contributed by atoms with E-state index in [4.69, 9.17) is 4.74 Å². The summed E-state index contributed by atoms with van der Waals surface area (Å²) in [5.74, 6) is -0.173. The molecule has 30 heavy (non-hydrogen) atoms. The topological polar surface area (TPSA) is 53.1 Å². The Morgan fingerprint density at radius 2 is 1.77 bits per heavy atom. The summed E-state index contributed by atoms with van der Waals surface area (Å²) in [6.07, 6.45) is 0. The maximum absolute atomic E-state index is 13.6. The molecule has 2 aliphatic heterocycles. The smallest absolute Gasteiger partial charge is 0.257 e. The van der Waals surface area contributed by atoms with Crippen LogP contribution in [0.5, 0.6) is 0 Å². The van der Waals surface area contributed by atoms with E-state index < -0.39 is 5.60 Å². The average Bonchev–Trinajstić information content (AvgIpc) is 3.04. The number of carbonyl (C=O) groups excluding carboxylic acids is 2. The molecule has 0 aromatic heterocycles. The van der Waals surface area contributed by atoms with Crippen LogP contribution in [-0.2, 0) is 9.53 Å². The summed E-state index contributed by atoms with van der Waals surface area (Å²) in [4.78, 5) is 32.5. The Balaban J connectivity index is 1.65. The minimum atomic E-state index is -1.03. The lowest BCUT2D eigenvalue weighted by Crippen LogP contribution is -2.59. The number of hydrogen-bond donors (Lipinski definition) is 0. The van der Waals surface area contributed by atoms with E-state index in [0.29, 0.717) is 31.8 Å². The van der Waals surface area contributed by atoms with Crippen molar-refractivity contribution in [2.45, 2.75) is 11.5 Å². The number of morpholine rings is 1. The molecule has 2 aromatic carbocycles. The molecule has 0 saturated carbocycles. The first-order valence-corrected chi connectivity index (χ1v) is 10.5. The molecule has 0 aliphatic carbocycles. The lowest BCUT2D eigenvalue weighted by Gasteiger charge is -2.42. The van der Waals surface area contributed by atoms with E-state index in [0.717, 1.165) is 12.1 Å². The van der Waals surface area contributed by atoms with Gasteiger partial charge in [-0.25, -0.2) is 0 Å². The van der Waals surface area contributed by atoms with Crippen LogP contribution in [0.15, 0.2) is 60.7 Å². The van der Waals surface area contributed by atoms with Crippen LogP contribution in [0.25, 0.3) is 0 Å². The molecular weight excluding hydrogens is 378 g/mol. The van der Waals surface area contributed by atoms with Crippen LogP contribution in [0.1, 0.15) is 21.8 Å². The second-order valence-corrected chi connectivity index (χ2v) is 8.35. The molecule has 2 atom stereocenters. The van der Waals surface area contributed by atoms with Crippen molar-refractivity contribution in [2.24, 2.45) is 0 Å². The van der Waals surface area contributed by atoms with E-state index in [1.165, 1.54) is 0 Å². The molecule has 2 amide bonds. The van der Waals surface area contributed by atoms with Gasteiger partial charge in [0.15, 0.2) is 5.60 Å². The van der Waals surface area contributed by atoms with E-state index in [9.17, 15) is 9.59 Å². The van der Waals surface area contributed by atoms with E-state index in [1.54, 1.807) is 4.90 Å². The standard InChI is InChI=1S/C24H29N3O3/c1-25(2)13-14-26-17-21(19-9-5-3-6-10-19)24(23(26)29)18-27(15-16-30-24)22(28)20-11-7-4-8-12-20/h3-12,21H,13-18H2,1-2H3/t21-,24-/m1/s1. The predicted molar refractivity (Wildman–Crippen MR) is 115 cm³/mol. The molecule has 2 fully saturated rings. The van der Waals surface area contributed by atoms with Gasteiger partial charge in [-0.2, -0.15) is 0 Å². The van der Waals surface area contributed by atoms with Crippen molar-refractivity contribution in [3.05, 3.63) is 71.8 Å². The van der Waals surface area contributed by atoms with E-state index >= 15 is 0 Å². The van der Waals surface area contributed by atoms with Crippen LogP contribution in [0.3, 0.4) is 0 Å². The number of amides is 2.